The summed E-state index contributed by atoms with van der Waals surface area (Å²) in [5.41, 5.74) is 0.942. The topological polar surface area (TPSA) is 84.9 Å². The number of sulfonamides is 1. The molecule has 2 aromatic carbocycles. The molecule has 0 aromatic heterocycles. The Bertz CT molecular complexity index is 909. The fraction of sp³-hybridized carbons (Fsp3) is 0.381. The fourth-order valence-electron chi connectivity index (χ4n) is 2.80. The van der Waals surface area contributed by atoms with Crippen LogP contribution in [0.3, 0.4) is 0 Å². The summed E-state index contributed by atoms with van der Waals surface area (Å²) in [4.78, 5) is 12.7. The molecule has 0 heterocycles. The molecule has 0 radical (unpaired) electrons. The van der Waals surface area contributed by atoms with Crippen LogP contribution in [0.5, 0.6) is 11.5 Å². The molecule has 1 N–H and O–H groups in total. The first-order chi connectivity index (χ1) is 13.6. The molecule has 0 fully saturated rings. The van der Waals surface area contributed by atoms with Crippen molar-refractivity contribution in [2.75, 3.05) is 22.5 Å². The van der Waals surface area contributed by atoms with Gasteiger partial charge in [0.05, 0.1) is 24.7 Å². The molecule has 1 atom stereocenters. The second kappa shape index (κ2) is 9.65. The Kier molecular flexibility index (Phi) is 7.50. The van der Waals surface area contributed by atoms with E-state index in [1.54, 1.807) is 55.5 Å². The Labute approximate surface area is 172 Å². The molecule has 2 rings (SSSR count). The molecule has 0 aliphatic heterocycles. The maximum absolute atomic E-state index is 12.7. The minimum Gasteiger partial charge on any atom is -0.494 e. The number of carbonyl (C=O) groups excluding carboxylic acids is 1. The van der Waals surface area contributed by atoms with Crippen LogP contribution < -0.4 is 19.1 Å². The first kappa shape index (κ1) is 22.5. The van der Waals surface area contributed by atoms with Crippen molar-refractivity contribution in [2.24, 2.45) is 0 Å². The number of hydrogen-bond donors (Lipinski definition) is 1. The van der Waals surface area contributed by atoms with Gasteiger partial charge in [-0.3, -0.25) is 9.10 Å². The van der Waals surface area contributed by atoms with Crippen molar-refractivity contribution < 1.29 is 22.7 Å². The van der Waals surface area contributed by atoms with E-state index in [4.69, 9.17) is 9.47 Å². The van der Waals surface area contributed by atoms with E-state index in [0.29, 0.717) is 29.5 Å². The zero-order valence-corrected chi connectivity index (χ0v) is 18.2. The standard InChI is InChI=1S/C21H28N2O5S/c1-6-27-19-13-9-18(10-14-19)23(29(5,25)26)16(4)21(24)22-17-7-11-20(12-8-17)28-15(2)3/h7-16H,6H2,1-5H3,(H,22,24)/t16-/m1/s1. The molecule has 29 heavy (non-hydrogen) atoms. The van der Waals surface area contributed by atoms with Crippen molar-refractivity contribution in [3.8, 4) is 11.5 Å². The number of amides is 1. The number of benzene rings is 2. The highest BCUT2D eigenvalue weighted by molar-refractivity contribution is 7.92. The quantitative estimate of drug-likeness (QED) is 0.669. The number of nitrogens with zero attached hydrogens (tertiary/aromatic N) is 1. The van der Waals surface area contributed by atoms with E-state index in [1.807, 2.05) is 20.8 Å². The molecule has 8 heteroatoms. The summed E-state index contributed by atoms with van der Waals surface area (Å²) < 4.78 is 36.8. The highest BCUT2D eigenvalue weighted by Crippen LogP contribution is 2.25. The van der Waals surface area contributed by atoms with Gasteiger partial charge in [0.25, 0.3) is 0 Å². The summed E-state index contributed by atoms with van der Waals surface area (Å²) in [5.74, 6) is 0.880. The highest BCUT2D eigenvalue weighted by Gasteiger charge is 2.29. The van der Waals surface area contributed by atoms with Crippen LogP contribution in [0.15, 0.2) is 48.5 Å². The first-order valence-electron chi connectivity index (χ1n) is 9.41. The van der Waals surface area contributed by atoms with Crippen LogP contribution in [0.4, 0.5) is 11.4 Å². The van der Waals surface area contributed by atoms with Crippen LogP contribution >= 0.6 is 0 Å². The third kappa shape index (κ3) is 6.39. The number of rotatable bonds is 9. The van der Waals surface area contributed by atoms with Crippen molar-refractivity contribution in [1.82, 2.24) is 0 Å². The van der Waals surface area contributed by atoms with E-state index in [1.165, 1.54) is 0 Å². The summed E-state index contributed by atoms with van der Waals surface area (Å²) in [7, 11) is -3.69. The van der Waals surface area contributed by atoms with Crippen LogP contribution in [0.25, 0.3) is 0 Å². The Morgan fingerprint density at radius 1 is 1.00 bits per heavy atom. The van der Waals surface area contributed by atoms with Gasteiger partial charge in [-0.25, -0.2) is 8.42 Å². The summed E-state index contributed by atoms with van der Waals surface area (Å²) in [5, 5.41) is 2.75. The van der Waals surface area contributed by atoms with Crippen LogP contribution in [0, 0.1) is 0 Å². The van der Waals surface area contributed by atoms with Crippen molar-refractivity contribution in [2.45, 2.75) is 39.8 Å². The molecule has 0 bridgehead atoms. The largest absolute Gasteiger partial charge is 0.494 e. The summed E-state index contributed by atoms with van der Waals surface area (Å²) in [6.07, 6.45) is 1.12. The van der Waals surface area contributed by atoms with Gasteiger partial charge in [0.1, 0.15) is 17.5 Å². The molecule has 0 saturated heterocycles. The Morgan fingerprint density at radius 3 is 2.03 bits per heavy atom. The molecule has 0 aliphatic rings. The maximum atomic E-state index is 12.7. The van der Waals surface area contributed by atoms with Gasteiger partial charge in [0.15, 0.2) is 0 Å². The molecule has 1 amide bonds. The highest BCUT2D eigenvalue weighted by atomic mass is 32.2. The minimum absolute atomic E-state index is 0.0490. The third-order valence-corrected chi connectivity index (χ3v) is 5.23. The first-order valence-corrected chi connectivity index (χ1v) is 11.3. The molecule has 0 unspecified atom stereocenters. The van der Waals surface area contributed by atoms with Gasteiger partial charge in [-0.05, 0) is 76.2 Å². The third-order valence-electron chi connectivity index (χ3n) is 3.98. The Hall–Kier alpha value is -2.74. The zero-order valence-electron chi connectivity index (χ0n) is 17.4. The average molecular weight is 421 g/mol. The normalized spacial score (nSPS) is 12.3. The van der Waals surface area contributed by atoms with E-state index in [-0.39, 0.29) is 6.10 Å². The van der Waals surface area contributed by atoms with Crippen molar-refractivity contribution in [3.63, 3.8) is 0 Å². The average Bonchev–Trinajstić information content (AvgIpc) is 2.63. The van der Waals surface area contributed by atoms with Gasteiger partial charge in [0.2, 0.25) is 15.9 Å². The van der Waals surface area contributed by atoms with Gasteiger partial charge in [0, 0.05) is 5.69 Å². The van der Waals surface area contributed by atoms with Gasteiger partial charge < -0.3 is 14.8 Å². The van der Waals surface area contributed by atoms with Crippen LogP contribution in [0.2, 0.25) is 0 Å². The van der Waals surface area contributed by atoms with Crippen LogP contribution in [-0.2, 0) is 14.8 Å². The molecule has 7 nitrogen and oxygen atoms in total. The number of ether oxygens (including phenoxy) is 2. The van der Waals surface area contributed by atoms with E-state index in [0.717, 1.165) is 10.6 Å². The number of anilines is 2. The predicted octanol–water partition coefficient (Wildman–Crippen LogP) is 3.67. The van der Waals surface area contributed by atoms with Gasteiger partial charge in [-0.1, -0.05) is 0 Å². The lowest BCUT2D eigenvalue weighted by molar-refractivity contribution is -0.116. The lowest BCUT2D eigenvalue weighted by Gasteiger charge is -2.28. The fourth-order valence-corrected chi connectivity index (χ4v) is 3.98. The summed E-state index contributed by atoms with van der Waals surface area (Å²) in [6.45, 7) is 7.78. The van der Waals surface area contributed by atoms with E-state index in [2.05, 4.69) is 5.32 Å². The molecule has 158 valence electrons. The molecule has 0 aliphatic carbocycles. The monoisotopic (exact) mass is 420 g/mol. The minimum atomic E-state index is -3.69. The van der Waals surface area contributed by atoms with Crippen molar-refractivity contribution >= 4 is 27.3 Å². The molecular weight excluding hydrogens is 392 g/mol. The van der Waals surface area contributed by atoms with Crippen molar-refractivity contribution in [3.05, 3.63) is 48.5 Å². The molecule has 2 aromatic rings. The van der Waals surface area contributed by atoms with Crippen LogP contribution in [0.1, 0.15) is 27.7 Å². The van der Waals surface area contributed by atoms with E-state index in [9.17, 15) is 13.2 Å². The van der Waals surface area contributed by atoms with Gasteiger partial charge >= 0.3 is 0 Å². The number of nitrogens with one attached hydrogen (secondary N) is 1. The van der Waals surface area contributed by atoms with Gasteiger partial charge in [-0.15, -0.1) is 0 Å². The smallest absolute Gasteiger partial charge is 0.247 e. The Balaban J connectivity index is 2.18. The van der Waals surface area contributed by atoms with Crippen LogP contribution in [-0.4, -0.2) is 39.3 Å². The lowest BCUT2D eigenvalue weighted by Crippen LogP contribution is -2.45. The number of hydrogen-bond acceptors (Lipinski definition) is 5. The summed E-state index contributed by atoms with van der Waals surface area (Å²) >= 11 is 0. The molecular formula is C21H28N2O5S. The predicted molar refractivity (Wildman–Crippen MR) is 115 cm³/mol. The second-order valence-corrected chi connectivity index (χ2v) is 8.70. The summed E-state index contributed by atoms with van der Waals surface area (Å²) in [6, 6.07) is 12.6. The Morgan fingerprint density at radius 2 is 1.55 bits per heavy atom. The van der Waals surface area contributed by atoms with Crippen molar-refractivity contribution in [1.29, 1.82) is 0 Å². The SMILES string of the molecule is CCOc1ccc(N([C@H](C)C(=O)Nc2ccc(OC(C)C)cc2)S(C)(=O)=O)cc1. The van der Waals surface area contributed by atoms with E-state index >= 15 is 0 Å². The lowest BCUT2D eigenvalue weighted by atomic mass is 10.2. The maximum Gasteiger partial charge on any atom is 0.247 e. The molecule has 0 spiro atoms. The van der Waals surface area contributed by atoms with E-state index < -0.39 is 22.0 Å². The zero-order chi connectivity index (χ0) is 21.6. The number of carbonyl (C=O) groups is 1. The molecule has 0 saturated carbocycles. The second-order valence-electron chi connectivity index (χ2n) is 6.84. The van der Waals surface area contributed by atoms with Gasteiger partial charge in [-0.2, -0.15) is 0 Å².